The number of carbonyl (C=O) groups is 2. The lowest BCUT2D eigenvalue weighted by molar-refractivity contribution is -0.134. The largest absolute Gasteiger partial charge is 0.478 e. The number of carboxylic acid groups (broad SMARTS) is 2. The average molecular weight is 418 g/mol. The van der Waals surface area contributed by atoms with Crippen molar-refractivity contribution in [3.63, 3.8) is 0 Å². The van der Waals surface area contributed by atoms with Gasteiger partial charge in [0.15, 0.2) is 5.82 Å². The van der Waals surface area contributed by atoms with Gasteiger partial charge in [0.05, 0.1) is 5.52 Å². The molecule has 2 aromatic rings. The molecule has 0 aromatic carbocycles. The Morgan fingerprint density at radius 2 is 1.70 bits per heavy atom. The third kappa shape index (κ3) is 7.14. The van der Waals surface area contributed by atoms with E-state index in [0.717, 1.165) is 23.3 Å². The molecule has 1 aliphatic rings. The zero-order valence-corrected chi connectivity index (χ0v) is 17.6. The molecule has 0 atom stereocenters. The van der Waals surface area contributed by atoms with Crippen molar-refractivity contribution >= 4 is 28.8 Å². The number of aryl methyl sites for hydroxylation is 3. The highest BCUT2D eigenvalue weighted by molar-refractivity contribution is 5.89. The molecular formula is C21H31N5O4. The number of hydrogen-bond donors (Lipinski definition) is 4. The summed E-state index contributed by atoms with van der Waals surface area (Å²) in [5, 5.41) is 15.6. The number of nitrogen functional groups attached to an aromatic ring is 1. The minimum absolute atomic E-state index is 0.558. The van der Waals surface area contributed by atoms with Crippen LogP contribution in [0.15, 0.2) is 12.2 Å². The van der Waals surface area contributed by atoms with Gasteiger partial charge in [0.1, 0.15) is 11.3 Å². The molecule has 2 aromatic heterocycles. The van der Waals surface area contributed by atoms with Crippen molar-refractivity contribution in [2.75, 3.05) is 25.4 Å². The molecule has 1 saturated heterocycles. The first-order chi connectivity index (χ1) is 14.3. The summed E-state index contributed by atoms with van der Waals surface area (Å²) in [7, 11) is 0. The van der Waals surface area contributed by atoms with Crippen molar-refractivity contribution in [1.82, 2.24) is 19.9 Å². The van der Waals surface area contributed by atoms with E-state index in [4.69, 9.17) is 15.9 Å². The van der Waals surface area contributed by atoms with Gasteiger partial charge in [0.25, 0.3) is 0 Å². The number of unbranched alkanes of at least 4 members (excludes halogenated alkanes) is 2. The molecule has 30 heavy (non-hydrogen) atoms. The molecule has 0 unspecified atom stereocenters. The van der Waals surface area contributed by atoms with E-state index in [-0.39, 0.29) is 0 Å². The van der Waals surface area contributed by atoms with E-state index in [1.165, 1.54) is 63.0 Å². The lowest BCUT2D eigenvalue weighted by atomic mass is 10.1. The van der Waals surface area contributed by atoms with Gasteiger partial charge in [-0.3, -0.25) is 0 Å². The number of aliphatic carboxylic acids is 2. The molecule has 9 heteroatoms. The highest BCUT2D eigenvalue weighted by atomic mass is 16.4. The van der Waals surface area contributed by atoms with Gasteiger partial charge in [-0.2, -0.15) is 0 Å². The minimum atomic E-state index is -1.26. The number of aromatic nitrogens is 3. The van der Waals surface area contributed by atoms with Crippen LogP contribution in [0.5, 0.6) is 0 Å². The molecule has 0 spiro atoms. The summed E-state index contributed by atoms with van der Waals surface area (Å²) in [4.78, 5) is 33.9. The Labute approximate surface area is 176 Å². The molecule has 0 aliphatic carbocycles. The molecule has 164 valence electrons. The number of nitrogens with one attached hydrogen (secondary N) is 1. The van der Waals surface area contributed by atoms with Crippen molar-refractivity contribution in [2.45, 2.75) is 52.4 Å². The normalized spacial score (nSPS) is 14.2. The summed E-state index contributed by atoms with van der Waals surface area (Å²) in [6.45, 7) is 7.88. The Balaban J connectivity index is 0.000000343. The number of H-pyrrole nitrogens is 1. The first-order valence-corrected chi connectivity index (χ1v) is 10.3. The first-order valence-electron chi connectivity index (χ1n) is 10.3. The maximum Gasteiger partial charge on any atom is 0.328 e. The Morgan fingerprint density at radius 1 is 1.07 bits per heavy atom. The summed E-state index contributed by atoms with van der Waals surface area (Å²) in [5.41, 5.74) is 10.4. The number of rotatable bonds is 8. The standard InChI is InChI=1S/C17H27N5.C4H4O4/c1-12-14(8-4-3-5-9-22-10-6-7-11-22)15-16(19-12)17(18)21-13(2)20-15;5-3(6)1-2-4(7)8/h19H,3-11H2,1-2H3,(H2,18,20,21);1-2H,(H,5,6)(H,7,8)/b;2-1-. The summed E-state index contributed by atoms with van der Waals surface area (Å²) < 4.78 is 0. The zero-order valence-electron chi connectivity index (χ0n) is 17.6. The third-order valence-electron chi connectivity index (χ3n) is 5.07. The highest BCUT2D eigenvalue weighted by Crippen LogP contribution is 2.25. The predicted octanol–water partition coefficient (Wildman–Crippen LogP) is 2.68. The minimum Gasteiger partial charge on any atom is -0.478 e. The van der Waals surface area contributed by atoms with E-state index in [1.54, 1.807) is 0 Å². The molecule has 3 rings (SSSR count). The number of likely N-dealkylation sites (tertiary alicyclic amines) is 1. The van der Waals surface area contributed by atoms with Gasteiger partial charge in [-0.25, -0.2) is 19.6 Å². The van der Waals surface area contributed by atoms with Crippen LogP contribution in [0, 0.1) is 13.8 Å². The fourth-order valence-corrected chi connectivity index (χ4v) is 3.65. The van der Waals surface area contributed by atoms with Crippen LogP contribution in [-0.2, 0) is 16.0 Å². The van der Waals surface area contributed by atoms with E-state index in [9.17, 15) is 9.59 Å². The van der Waals surface area contributed by atoms with Crippen LogP contribution < -0.4 is 5.73 Å². The maximum absolute atomic E-state index is 9.55. The van der Waals surface area contributed by atoms with Gasteiger partial charge in [-0.1, -0.05) is 6.42 Å². The van der Waals surface area contributed by atoms with Crippen molar-refractivity contribution < 1.29 is 19.8 Å². The topological polar surface area (TPSA) is 145 Å². The Bertz CT molecular complexity index is 884. The molecule has 1 aliphatic heterocycles. The van der Waals surface area contributed by atoms with Crippen LogP contribution in [0.2, 0.25) is 0 Å². The Kier molecular flexibility index (Phi) is 8.79. The van der Waals surface area contributed by atoms with Crippen molar-refractivity contribution in [2.24, 2.45) is 0 Å². The lowest BCUT2D eigenvalue weighted by Crippen LogP contribution is -2.20. The Morgan fingerprint density at radius 3 is 2.30 bits per heavy atom. The molecule has 0 radical (unpaired) electrons. The van der Waals surface area contributed by atoms with Crippen LogP contribution in [-0.4, -0.2) is 61.6 Å². The van der Waals surface area contributed by atoms with Crippen LogP contribution >= 0.6 is 0 Å². The predicted molar refractivity (Wildman–Crippen MR) is 115 cm³/mol. The lowest BCUT2D eigenvalue weighted by Gasteiger charge is -2.13. The second kappa shape index (κ2) is 11.3. The number of nitrogens with two attached hydrogens (primary N) is 1. The molecule has 3 heterocycles. The third-order valence-corrected chi connectivity index (χ3v) is 5.07. The molecule has 9 nitrogen and oxygen atoms in total. The molecule has 0 amide bonds. The van der Waals surface area contributed by atoms with Gasteiger partial charge in [0, 0.05) is 17.8 Å². The average Bonchev–Trinajstić information content (AvgIpc) is 3.29. The van der Waals surface area contributed by atoms with Crippen LogP contribution in [0.4, 0.5) is 5.82 Å². The fourth-order valence-electron chi connectivity index (χ4n) is 3.65. The summed E-state index contributed by atoms with van der Waals surface area (Å²) in [5.74, 6) is -1.20. The van der Waals surface area contributed by atoms with Crippen molar-refractivity contribution in [3.8, 4) is 0 Å². The zero-order chi connectivity index (χ0) is 22.1. The summed E-state index contributed by atoms with van der Waals surface area (Å²) in [6, 6.07) is 0. The van der Waals surface area contributed by atoms with E-state index in [1.807, 2.05) is 6.92 Å². The smallest absolute Gasteiger partial charge is 0.328 e. The first kappa shape index (κ1) is 23.3. The van der Waals surface area contributed by atoms with Crippen molar-refractivity contribution in [3.05, 3.63) is 29.2 Å². The van der Waals surface area contributed by atoms with Crippen LogP contribution in [0.25, 0.3) is 11.0 Å². The van der Waals surface area contributed by atoms with Crippen molar-refractivity contribution in [1.29, 1.82) is 0 Å². The van der Waals surface area contributed by atoms with Crippen LogP contribution in [0.1, 0.15) is 49.2 Å². The molecular weight excluding hydrogens is 386 g/mol. The number of hydrogen-bond acceptors (Lipinski definition) is 6. The van der Waals surface area contributed by atoms with Gasteiger partial charge in [-0.15, -0.1) is 0 Å². The molecule has 0 bridgehead atoms. The van der Waals surface area contributed by atoms with Crippen LogP contribution in [0.3, 0.4) is 0 Å². The fraction of sp³-hybridized carbons (Fsp3) is 0.524. The van der Waals surface area contributed by atoms with Gasteiger partial charge in [0.2, 0.25) is 0 Å². The van der Waals surface area contributed by atoms with E-state index >= 15 is 0 Å². The number of aromatic amines is 1. The van der Waals surface area contributed by atoms with Gasteiger partial charge in [-0.05, 0) is 71.1 Å². The van der Waals surface area contributed by atoms with E-state index in [2.05, 4.69) is 26.8 Å². The SMILES string of the molecule is Cc1nc(N)c2[nH]c(C)c(CCCCCN3CCCC3)c2n1.O=C(O)/C=C\C(=O)O. The number of anilines is 1. The second-order valence-electron chi connectivity index (χ2n) is 7.48. The monoisotopic (exact) mass is 417 g/mol. The maximum atomic E-state index is 9.55. The molecule has 0 saturated carbocycles. The summed E-state index contributed by atoms with van der Waals surface area (Å²) >= 11 is 0. The van der Waals surface area contributed by atoms with Gasteiger partial charge < -0.3 is 25.8 Å². The van der Waals surface area contributed by atoms with Gasteiger partial charge >= 0.3 is 11.9 Å². The van der Waals surface area contributed by atoms with E-state index in [0.29, 0.717) is 18.0 Å². The number of nitrogens with zero attached hydrogens (tertiary/aromatic N) is 3. The number of carboxylic acids is 2. The summed E-state index contributed by atoms with van der Waals surface area (Å²) in [6.07, 6.45) is 8.75. The second-order valence-corrected chi connectivity index (χ2v) is 7.48. The highest BCUT2D eigenvalue weighted by Gasteiger charge is 2.14. The van der Waals surface area contributed by atoms with E-state index < -0.39 is 11.9 Å². The molecule has 5 N–H and O–H groups in total. The molecule has 1 fully saturated rings. The number of fused-ring (bicyclic) bond motifs is 1. The Hall–Kier alpha value is -2.94. The quantitative estimate of drug-likeness (QED) is 0.379.